The number of hydrogen-bond acceptors (Lipinski definition) is 2. The van der Waals surface area contributed by atoms with Gasteiger partial charge < -0.3 is 4.57 Å². The van der Waals surface area contributed by atoms with Crippen molar-refractivity contribution < 1.29 is 0 Å². The second kappa shape index (κ2) is 4.88. The zero-order valence-electron chi connectivity index (χ0n) is 10.4. The monoisotopic (exact) mass is 249 g/mol. The number of aryl methyl sites for hydroxylation is 1. The van der Waals surface area contributed by atoms with Crippen LogP contribution in [-0.2, 0) is 6.54 Å². The summed E-state index contributed by atoms with van der Waals surface area (Å²) in [5.41, 5.74) is 3.43. The Kier molecular flexibility index (Phi) is 3.48. The molecule has 2 aromatic rings. The first-order valence-electron chi connectivity index (χ1n) is 5.78. The lowest BCUT2D eigenvalue weighted by atomic mass is 10.2. The smallest absolute Gasteiger partial charge is 0.175 e. The maximum absolute atomic E-state index is 6.14. The molecule has 3 nitrogen and oxygen atoms in total. The van der Waals surface area contributed by atoms with Crippen LogP contribution in [0.3, 0.4) is 0 Å². The van der Waals surface area contributed by atoms with E-state index in [1.807, 2.05) is 0 Å². The SMILES string of the molecule is CC/C=C/Cn1c(C)c(C)c2cnnc(Cl)c21. The highest BCUT2D eigenvalue weighted by Crippen LogP contribution is 2.28. The van der Waals surface area contributed by atoms with Crippen molar-refractivity contribution >= 4 is 22.5 Å². The van der Waals surface area contributed by atoms with E-state index in [2.05, 4.69) is 47.7 Å². The molecule has 90 valence electrons. The highest BCUT2D eigenvalue weighted by atomic mass is 35.5. The van der Waals surface area contributed by atoms with E-state index in [1.54, 1.807) is 6.20 Å². The maximum Gasteiger partial charge on any atom is 0.175 e. The van der Waals surface area contributed by atoms with Gasteiger partial charge in [-0.3, -0.25) is 0 Å². The summed E-state index contributed by atoms with van der Waals surface area (Å²) in [6.45, 7) is 7.15. The lowest BCUT2D eigenvalue weighted by molar-refractivity contribution is 0.816. The lowest BCUT2D eigenvalue weighted by Crippen LogP contribution is -1.99. The predicted octanol–water partition coefficient (Wildman–Crippen LogP) is 3.67. The normalized spacial score (nSPS) is 11.8. The van der Waals surface area contributed by atoms with Gasteiger partial charge in [0.2, 0.25) is 0 Å². The van der Waals surface area contributed by atoms with Gasteiger partial charge in [-0.25, -0.2) is 0 Å². The Balaban J connectivity index is 2.61. The molecule has 0 spiro atoms. The molecule has 0 atom stereocenters. The molecule has 2 aromatic heterocycles. The first-order chi connectivity index (χ1) is 8.16. The van der Waals surface area contributed by atoms with Crippen molar-refractivity contribution in [3.05, 3.63) is 34.8 Å². The van der Waals surface area contributed by atoms with Gasteiger partial charge in [0.15, 0.2) is 5.15 Å². The van der Waals surface area contributed by atoms with Crippen LogP contribution in [0.5, 0.6) is 0 Å². The van der Waals surface area contributed by atoms with E-state index in [-0.39, 0.29) is 0 Å². The zero-order valence-corrected chi connectivity index (χ0v) is 11.1. The third-order valence-electron chi connectivity index (χ3n) is 3.09. The number of aromatic nitrogens is 3. The summed E-state index contributed by atoms with van der Waals surface area (Å²) in [6.07, 6.45) is 7.14. The summed E-state index contributed by atoms with van der Waals surface area (Å²) in [5, 5.41) is 9.40. The minimum Gasteiger partial charge on any atom is -0.338 e. The fourth-order valence-electron chi connectivity index (χ4n) is 2.03. The molecule has 0 saturated heterocycles. The average Bonchev–Trinajstić information content (AvgIpc) is 2.56. The van der Waals surface area contributed by atoms with Crippen LogP contribution in [0.15, 0.2) is 18.3 Å². The molecule has 2 rings (SSSR count). The van der Waals surface area contributed by atoms with Crippen LogP contribution < -0.4 is 0 Å². The molecular formula is C13H16ClN3. The third-order valence-corrected chi connectivity index (χ3v) is 3.35. The minimum atomic E-state index is 0.476. The van der Waals surface area contributed by atoms with Gasteiger partial charge in [0, 0.05) is 17.6 Å². The molecule has 0 aliphatic rings. The van der Waals surface area contributed by atoms with Crippen LogP contribution in [0.1, 0.15) is 24.6 Å². The summed E-state index contributed by atoms with van der Waals surface area (Å²) >= 11 is 6.14. The Morgan fingerprint density at radius 3 is 2.82 bits per heavy atom. The van der Waals surface area contributed by atoms with Gasteiger partial charge >= 0.3 is 0 Å². The van der Waals surface area contributed by atoms with E-state index in [1.165, 1.54) is 11.3 Å². The van der Waals surface area contributed by atoms with Crippen LogP contribution in [0.2, 0.25) is 5.15 Å². The largest absolute Gasteiger partial charge is 0.338 e. The standard InChI is InChI=1S/C13H16ClN3/c1-4-5-6-7-17-10(3)9(2)11-8-15-16-13(14)12(11)17/h5-6,8H,4,7H2,1-3H3/b6-5+. The first-order valence-corrected chi connectivity index (χ1v) is 6.16. The fourth-order valence-corrected chi connectivity index (χ4v) is 2.28. The topological polar surface area (TPSA) is 30.7 Å². The van der Waals surface area contributed by atoms with Gasteiger partial charge in [-0.1, -0.05) is 30.7 Å². The molecular weight excluding hydrogens is 234 g/mol. The Hall–Kier alpha value is -1.35. The van der Waals surface area contributed by atoms with Gasteiger partial charge in [-0.15, -0.1) is 5.10 Å². The van der Waals surface area contributed by atoms with E-state index < -0.39 is 0 Å². The highest BCUT2D eigenvalue weighted by Gasteiger charge is 2.13. The molecule has 0 unspecified atom stereocenters. The number of hydrogen-bond donors (Lipinski definition) is 0. The fraction of sp³-hybridized carbons (Fsp3) is 0.385. The van der Waals surface area contributed by atoms with E-state index in [0.717, 1.165) is 23.9 Å². The number of allylic oxidation sites excluding steroid dienone is 2. The molecule has 2 heterocycles. The zero-order chi connectivity index (χ0) is 12.4. The Bertz CT molecular complexity index is 570. The van der Waals surface area contributed by atoms with Crippen LogP contribution >= 0.6 is 11.6 Å². The minimum absolute atomic E-state index is 0.476. The molecule has 0 fully saturated rings. The molecule has 0 aromatic carbocycles. The van der Waals surface area contributed by atoms with Crippen molar-refractivity contribution in [3.8, 4) is 0 Å². The molecule has 0 amide bonds. The van der Waals surface area contributed by atoms with E-state index >= 15 is 0 Å². The Labute approximate surface area is 106 Å². The van der Waals surface area contributed by atoms with Crippen molar-refractivity contribution in [2.45, 2.75) is 33.7 Å². The number of fused-ring (bicyclic) bond motifs is 1. The van der Waals surface area contributed by atoms with Crippen LogP contribution in [0.25, 0.3) is 10.9 Å². The first kappa shape index (κ1) is 12.1. The molecule has 0 bridgehead atoms. The van der Waals surface area contributed by atoms with E-state index in [9.17, 15) is 0 Å². The highest BCUT2D eigenvalue weighted by molar-refractivity contribution is 6.33. The van der Waals surface area contributed by atoms with Crippen molar-refractivity contribution in [3.63, 3.8) is 0 Å². The summed E-state index contributed by atoms with van der Waals surface area (Å²) in [5.74, 6) is 0. The molecule has 0 aliphatic heterocycles. The molecule has 0 aliphatic carbocycles. The van der Waals surface area contributed by atoms with E-state index in [0.29, 0.717) is 5.15 Å². The molecule has 17 heavy (non-hydrogen) atoms. The third kappa shape index (κ3) is 2.07. The molecule has 0 radical (unpaired) electrons. The Morgan fingerprint density at radius 1 is 1.35 bits per heavy atom. The second-order valence-corrected chi connectivity index (χ2v) is 4.46. The number of nitrogens with zero attached hydrogens (tertiary/aromatic N) is 3. The molecule has 4 heteroatoms. The van der Waals surface area contributed by atoms with Crippen molar-refractivity contribution in [2.75, 3.05) is 0 Å². The molecule has 0 saturated carbocycles. The van der Waals surface area contributed by atoms with Gasteiger partial charge in [-0.2, -0.15) is 5.10 Å². The quantitative estimate of drug-likeness (QED) is 0.777. The van der Waals surface area contributed by atoms with E-state index in [4.69, 9.17) is 11.6 Å². The second-order valence-electron chi connectivity index (χ2n) is 4.10. The van der Waals surface area contributed by atoms with Gasteiger partial charge in [-0.05, 0) is 25.8 Å². The maximum atomic E-state index is 6.14. The van der Waals surface area contributed by atoms with Crippen molar-refractivity contribution in [1.29, 1.82) is 0 Å². The summed E-state index contributed by atoms with van der Waals surface area (Å²) in [4.78, 5) is 0. The van der Waals surface area contributed by atoms with Crippen LogP contribution in [0, 0.1) is 13.8 Å². The lowest BCUT2D eigenvalue weighted by Gasteiger charge is -2.05. The number of rotatable bonds is 3. The molecule has 0 N–H and O–H groups in total. The van der Waals surface area contributed by atoms with Gasteiger partial charge in [0.1, 0.15) is 0 Å². The van der Waals surface area contributed by atoms with Gasteiger partial charge in [0.05, 0.1) is 11.7 Å². The average molecular weight is 250 g/mol. The summed E-state index contributed by atoms with van der Waals surface area (Å²) in [7, 11) is 0. The predicted molar refractivity (Wildman–Crippen MR) is 71.4 cm³/mol. The van der Waals surface area contributed by atoms with Gasteiger partial charge in [0.25, 0.3) is 0 Å². The van der Waals surface area contributed by atoms with Crippen LogP contribution in [0.4, 0.5) is 0 Å². The summed E-state index contributed by atoms with van der Waals surface area (Å²) in [6, 6.07) is 0. The Morgan fingerprint density at radius 2 is 2.12 bits per heavy atom. The van der Waals surface area contributed by atoms with Crippen molar-refractivity contribution in [1.82, 2.24) is 14.8 Å². The van der Waals surface area contributed by atoms with Crippen molar-refractivity contribution in [2.24, 2.45) is 0 Å². The summed E-state index contributed by atoms with van der Waals surface area (Å²) < 4.78 is 2.19. The number of halogens is 1. The van der Waals surface area contributed by atoms with Crippen LogP contribution in [-0.4, -0.2) is 14.8 Å².